The van der Waals surface area contributed by atoms with E-state index in [2.05, 4.69) is 62.6 Å². The third kappa shape index (κ3) is 6.39. The number of quaternary nitrogens is 1. The molecule has 0 aliphatic carbocycles. The molecule has 0 spiro atoms. The van der Waals surface area contributed by atoms with E-state index in [1.54, 1.807) is 0 Å². The van der Waals surface area contributed by atoms with Gasteiger partial charge < -0.3 is 10.6 Å². The molecule has 2 rings (SSSR count). The van der Waals surface area contributed by atoms with Gasteiger partial charge in [-0.1, -0.05) is 52.0 Å². The van der Waals surface area contributed by atoms with Gasteiger partial charge in [0.2, 0.25) is 10.0 Å². The highest BCUT2D eigenvalue weighted by molar-refractivity contribution is 7.89. The van der Waals surface area contributed by atoms with Crippen LogP contribution in [0.15, 0.2) is 53.4 Å². The maximum Gasteiger partial charge on any atom is 0.282 e. The first-order valence-electron chi connectivity index (χ1n) is 10.4. The Morgan fingerprint density at radius 1 is 0.967 bits per heavy atom. The van der Waals surface area contributed by atoms with Gasteiger partial charge in [0.05, 0.1) is 4.90 Å². The molecule has 6 nitrogen and oxygen atoms in total. The van der Waals surface area contributed by atoms with Gasteiger partial charge >= 0.3 is 0 Å². The number of hydrogen-bond donors (Lipinski definition) is 3. The van der Waals surface area contributed by atoms with Crippen LogP contribution in [0.1, 0.15) is 64.1 Å². The Labute approximate surface area is 180 Å². The fraction of sp³-hybridized carbons (Fsp3) is 0.435. The molecular formula is C23H34N3O3S+. The first-order chi connectivity index (χ1) is 14.0. The Kier molecular flexibility index (Phi) is 8.18. The van der Waals surface area contributed by atoms with Crippen molar-refractivity contribution in [2.45, 2.75) is 63.9 Å². The van der Waals surface area contributed by atoms with E-state index in [1.807, 2.05) is 6.92 Å². The number of rotatable bonds is 9. The molecule has 0 bridgehead atoms. The first-order valence-corrected chi connectivity index (χ1v) is 12.0. The number of carbonyl (C=O) groups is 1. The van der Waals surface area contributed by atoms with E-state index in [0.717, 1.165) is 6.42 Å². The van der Waals surface area contributed by atoms with Gasteiger partial charge in [0.1, 0.15) is 6.04 Å². The molecule has 0 heterocycles. The van der Waals surface area contributed by atoms with Gasteiger partial charge in [-0.15, -0.1) is 0 Å². The molecule has 0 saturated heterocycles. The quantitative estimate of drug-likeness (QED) is 0.567. The van der Waals surface area contributed by atoms with Crippen LogP contribution in [-0.2, 0) is 14.8 Å². The molecule has 3 atom stereocenters. The van der Waals surface area contributed by atoms with Gasteiger partial charge in [0.25, 0.3) is 5.91 Å². The maximum absolute atomic E-state index is 12.7. The lowest BCUT2D eigenvalue weighted by Gasteiger charge is -2.23. The zero-order chi connectivity index (χ0) is 22.5. The highest BCUT2D eigenvalue weighted by atomic mass is 32.2. The molecule has 0 fully saturated rings. The molecule has 0 aromatic heterocycles. The summed E-state index contributed by atoms with van der Waals surface area (Å²) >= 11 is 0. The largest absolute Gasteiger partial charge is 0.330 e. The molecule has 2 aromatic carbocycles. The Morgan fingerprint density at radius 3 is 1.97 bits per heavy atom. The summed E-state index contributed by atoms with van der Waals surface area (Å²) in [5.74, 6) is 0.745. The summed E-state index contributed by atoms with van der Waals surface area (Å²) in [6.45, 7) is 10.6. The third-order valence-electron chi connectivity index (χ3n) is 5.58. The minimum absolute atomic E-state index is 0.0146. The highest BCUT2D eigenvalue weighted by Gasteiger charge is 2.26. The lowest BCUT2D eigenvalue weighted by atomic mass is 9.91. The van der Waals surface area contributed by atoms with Crippen molar-refractivity contribution >= 4 is 21.6 Å². The number of anilines is 1. The Hall–Kier alpha value is -2.22. The zero-order valence-corrected chi connectivity index (χ0v) is 19.2. The number of carbonyl (C=O) groups excluding carboxylic acids is 1. The van der Waals surface area contributed by atoms with Crippen LogP contribution in [-0.4, -0.2) is 20.4 Å². The van der Waals surface area contributed by atoms with Crippen LogP contribution < -0.4 is 15.8 Å². The number of hydrogen-bond acceptors (Lipinski definition) is 3. The molecule has 0 saturated carbocycles. The molecule has 164 valence electrons. The van der Waals surface area contributed by atoms with E-state index in [9.17, 15) is 13.2 Å². The standard InChI is InChI=1S/C23H33N3O3S/c1-6-16(4)18-7-9-19(10-8-18)22(15(2)3)25-17(5)23(27)26-20-11-13-21(14-12-20)30(24,28)29/h7-17,22,25H,6H2,1-5H3,(H,26,27)(H2,24,28,29)/p+1/t16-,17+,22+/m1/s1. The van der Waals surface area contributed by atoms with E-state index >= 15 is 0 Å². The summed E-state index contributed by atoms with van der Waals surface area (Å²) in [5, 5.41) is 10.0. The normalized spacial score (nSPS) is 14.9. The molecule has 1 amide bonds. The van der Waals surface area contributed by atoms with Crippen LogP contribution in [0.25, 0.3) is 0 Å². The van der Waals surface area contributed by atoms with Gasteiger partial charge in [0, 0.05) is 17.2 Å². The minimum Gasteiger partial charge on any atom is -0.330 e. The predicted molar refractivity (Wildman–Crippen MR) is 121 cm³/mol. The number of amides is 1. The fourth-order valence-electron chi connectivity index (χ4n) is 3.38. The molecule has 0 unspecified atom stereocenters. The number of nitrogens with one attached hydrogen (secondary N) is 1. The Morgan fingerprint density at radius 2 is 1.50 bits per heavy atom. The van der Waals surface area contributed by atoms with E-state index in [4.69, 9.17) is 5.14 Å². The number of sulfonamides is 1. The number of primary sulfonamides is 1. The molecule has 2 aromatic rings. The van der Waals surface area contributed by atoms with Crippen LogP contribution in [0.2, 0.25) is 0 Å². The van der Waals surface area contributed by atoms with Gasteiger partial charge in [-0.25, -0.2) is 13.6 Å². The molecule has 30 heavy (non-hydrogen) atoms. The van der Waals surface area contributed by atoms with Crippen LogP contribution >= 0.6 is 0 Å². The van der Waals surface area contributed by atoms with Crippen molar-refractivity contribution in [2.75, 3.05) is 5.32 Å². The SMILES string of the molecule is CC[C@@H](C)c1ccc([C@@H]([NH2+][C@@H](C)C(=O)Nc2ccc(S(N)(=O)=O)cc2)C(C)C)cc1. The van der Waals surface area contributed by atoms with E-state index in [-0.39, 0.29) is 22.9 Å². The van der Waals surface area contributed by atoms with Gasteiger partial charge in [-0.2, -0.15) is 0 Å². The average Bonchev–Trinajstić information content (AvgIpc) is 2.70. The summed E-state index contributed by atoms with van der Waals surface area (Å²) < 4.78 is 22.7. The topological polar surface area (TPSA) is 106 Å². The molecular weight excluding hydrogens is 398 g/mol. The van der Waals surface area contributed by atoms with Crippen molar-refractivity contribution in [1.82, 2.24) is 0 Å². The summed E-state index contributed by atoms with van der Waals surface area (Å²) in [6.07, 6.45) is 1.11. The van der Waals surface area contributed by atoms with E-state index in [0.29, 0.717) is 17.5 Å². The van der Waals surface area contributed by atoms with Crippen molar-refractivity contribution in [3.05, 3.63) is 59.7 Å². The van der Waals surface area contributed by atoms with Crippen LogP contribution in [0, 0.1) is 5.92 Å². The summed E-state index contributed by atoms with van der Waals surface area (Å²) in [7, 11) is -3.75. The van der Waals surface area contributed by atoms with Crippen molar-refractivity contribution in [2.24, 2.45) is 11.1 Å². The molecule has 0 aliphatic rings. The van der Waals surface area contributed by atoms with Gasteiger partial charge in [-0.05, 0) is 49.1 Å². The van der Waals surface area contributed by atoms with Crippen molar-refractivity contribution in [3.8, 4) is 0 Å². The van der Waals surface area contributed by atoms with Gasteiger partial charge in [-0.3, -0.25) is 4.79 Å². The molecule has 0 radical (unpaired) electrons. The highest BCUT2D eigenvalue weighted by Crippen LogP contribution is 2.23. The van der Waals surface area contributed by atoms with Crippen LogP contribution in [0.3, 0.4) is 0 Å². The first kappa shape index (κ1) is 24.1. The summed E-state index contributed by atoms with van der Waals surface area (Å²) in [4.78, 5) is 12.7. The van der Waals surface area contributed by atoms with Crippen LogP contribution in [0.4, 0.5) is 5.69 Å². The summed E-state index contributed by atoms with van der Waals surface area (Å²) in [5.41, 5.74) is 3.07. The fourth-order valence-corrected chi connectivity index (χ4v) is 3.90. The average molecular weight is 433 g/mol. The number of nitrogens with two attached hydrogens (primary N) is 2. The van der Waals surface area contributed by atoms with Crippen molar-refractivity contribution < 1.29 is 18.5 Å². The lowest BCUT2D eigenvalue weighted by Crippen LogP contribution is -2.93. The summed E-state index contributed by atoms with van der Waals surface area (Å²) in [6, 6.07) is 14.4. The zero-order valence-electron chi connectivity index (χ0n) is 18.4. The third-order valence-corrected chi connectivity index (χ3v) is 6.51. The Balaban J connectivity index is 2.07. The molecule has 5 N–H and O–H groups in total. The van der Waals surface area contributed by atoms with Crippen molar-refractivity contribution in [1.29, 1.82) is 0 Å². The van der Waals surface area contributed by atoms with E-state index in [1.165, 1.54) is 35.4 Å². The second-order valence-electron chi connectivity index (χ2n) is 8.29. The lowest BCUT2D eigenvalue weighted by molar-refractivity contribution is -0.718. The second kappa shape index (κ2) is 10.2. The predicted octanol–water partition coefficient (Wildman–Crippen LogP) is 3.14. The maximum atomic E-state index is 12.7. The van der Waals surface area contributed by atoms with Crippen LogP contribution in [0.5, 0.6) is 0 Å². The smallest absolute Gasteiger partial charge is 0.282 e. The molecule has 0 aliphatic heterocycles. The number of benzene rings is 2. The molecule has 7 heteroatoms. The minimum atomic E-state index is -3.75. The Bertz CT molecular complexity index is 939. The van der Waals surface area contributed by atoms with E-state index < -0.39 is 10.0 Å². The van der Waals surface area contributed by atoms with Gasteiger partial charge in [0.15, 0.2) is 6.04 Å². The monoisotopic (exact) mass is 432 g/mol. The second-order valence-corrected chi connectivity index (χ2v) is 9.85. The van der Waals surface area contributed by atoms with Crippen molar-refractivity contribution in [3.63, 3.8) is 0 Å².